The summed E-state index contributed by atoms with van der Waals surface area (Å²) in [6.45, 7) is 4.58. The van der Waals surface area contributed by atoms with Gasteiger partial charge in [0.25, 0.3) is 0 Å². The van der Waals surface area contributed by atoms with E-state index in [1.54, 1.807) is 13.1 Å². The van der Waals surface area contributed by atoms with Crippen LogP contribution in [0.25, 0.3) is 0 Å². The summed E-state index contributed by atoms with van der Waals surface area (Å²) in [5, 5.41) is 6.78. The molecule has 28 heavy (non-hydrogen) atoms. The van der Waals surface area contributed by atoms with Gasteiger partial charge in [0, 0.05) is 38.4 Å². The summed E-state index contributed by atoms with van der Waals surface area (Å²) in [5.41, 5.74) is 2.03. The van der Waals surface area contributed by atoms with E-state index >= 15 is 0 Å². The van der Waals surface area contributed by atoms with E-state index in [0.29, 0.717) is 12.6 Å². The molecule has 1 aliphatic rings. The van der Waals surface area contributed by atoms with Crippen molar-refractivity contribution in [1.29, 1.82) is 0 Å². The van der Waals surface area contributed by atoms with Crippen molar-refractivity contribution in [2.45, 2.75) is 31.7 Å². The van der Waals surface area contributed by atoms with Gasteiger partial charge in [0.1, 0.15) is 0 Å². The highest BCUT2D eigenvalue weighted by Gasteiger charge is 2.20. The Morgan fingerprint density at radius 2 is 1.82 bits per heavy atom. The first-order valence-electron chi connectivity index (χ1n) is 9.79. The van der Waals surface area contributed by atoms with Crippen LogP contribution in [0.3, 0.4) is 0 Å². The largest absolute Gasteiger partial charge is 0.371 e. The molecule has 1 unspecified atom stereocenters. The van der Waals surface area contributed by atoms with Gasteiger partial charge in [0.05, 0.1) is 0 Å². The smallest absolute Gasteiger partial charge is 0.191 e. The van der Waals surface area contributed by atoms with Crippen LogP contribution in [0, 0.1) is 11.6 Å². The molecule has 1 heterocycles. The predicted molar refractivity (Wildman–Crippen MR) is 111 cm³/mol. The number of para-hydroxylation sites is 1. The van der Waals surface area contributed by atoms with Gasteiger partial charge in [-0.1, -0.05) is 31.2 Å². The van der Waals surface area contributed by atoms with Gasteiger partial charge in [-0.05, 0) is 48.6 Å². The number of benzene rings is 2. The van der Waals surface area contributed by atoms with E-state index < -0.39 is 11.6 Å². The monoisotopic (exact) mass is 386 g/mol. The van der Waals surface area contributed by atoms with Crippen LogP contribution in [0.15, 0.2) is 53.5 Å². The van der Waals surface area contributed by atoms with Gasteiger partial charge in [-0.25, -0.2) is 8.78 Å². The average molecular weight is 386 g/mol. The zero-order valence-corrected chi connectivity index (χ0v) is 16.5. The molecule has 2 aromatic rings. The summed E-state index contributed by atoms with van der Waals surface area (Å²) in [5.74, 6) is -0.846. The van der Waals surface area contributed by atoms with Crippen LogP contribution < -0.4 is 15.5 Å². The van der Waals surface area contributed by atoms with Crippen LogP contribution in [0.1, 0.15) is 31.2 Å². The second kappa shape index (κ2) is 9.53. The Balaban J connectivity index is 1.46. The molecule has 2 N–H and O–H groups in total. The lowest BCUT2D eigenvalue weighted by molar-refractivity contribution is 0.460. The van der Waals surface area contributed by atoms with Crippen molar-refractivity contribution >= 4 is 11.6 Å². The maximum Gasteiger partial charge on any atom is 0.191 e. The third-order valence-corrected chi connectivity index (χ3v) is 5.27. The van der Waals surface area contributed by atoms with E-state index in [2.05, 4.69) is 44.8 Å². The standard InChI is InChI=1S/C22H28F2N4/c1-16(17-8-9-20(23)21(24)14-17)15-26-22(25-2)27-18-10-12-28(13-11-18)19-6-4-3-5-7-19/h3-9,14,16,18H,10-13,15H2,1-2H3,(H2,25,26,27). The van der Waals surface area contributed by atoms with Crippen LogP contribution in [0.5, 0.6) is 0 Å². The lowest BCUT2D eigenvalue weighted by Gasteiger charge is -2.34. The molecule has 2 aromatic carbocycles. The van der Waals surface area contributed by atoms with Crippen molar-refractivity contribution < 1.29 is 8.78 Å². The molecule has 4 nitrogen and oxygen atoms in total. The molecule has 1 aliphatic heterocycles. The Hall–Kier alpha value is -2.63. The van der Waals surface area contributed by atoms with Crippen molar-refractivity contribution in [1.82, 2.24) is 10.6 Å². The number of halogens is 2. The second-order valence-electron chi connectivity index (χ2n) is 7.27. The quantitative estimate of drug-likeness (QED) is 0.605. The number of rotatable bonds is 5. The van der Waals surface area contributed by atoms with Gasteiger partial charge in [0.2, 0.25) is 0 Å². The summed E-state index contributed by atoms with van der Waals surface area (Å²) in [4.78, 5) is 6.71. The summed E-state index contributed by atoms with van der Waals surface area (Å²) in [6, 6.07) is 14.9. The molecule has 0 amide bonds. The van der Waals surface area contributed by atoms with Crippen LogP contribution in [0.2, 0.25) is 0 Å². The normalized spacial score (nSPS) is 16.7. The number of piperidine rings is 1. The minimum atomic E-state index is -0.816. The molecule has 0 radical (unpaired) electrons. The Morgan fingerprint density at radius 1 is 1.11 bits per heavy atom. The molecule has 1 fully saturated rings. The molecular formula is C22H28F2N4. The van der Waals surface area contributed by atoms with Gasteiger partial charge < -0.3 is 15.5 Å². The molecule has 0 bridgehead atoms. The van der Waals surface area contributed by atoms with Gasteiger partial charge in [-0.2, -0.15) is 0 Å². The lowest BCUT2D eigenvalue weighted by atomic mass is 10.0. The Kier molecular flexibility index (Phi) is 6.85. The molecule has 0 saturated carbocycles. The van der Waals surface area contributed by atoms with Crippen molar-refractivity contribution in [3.8, 4) is 0 Å². The topological polar surface area (TPSA) is 39.7 Å². The second-order valence-corrected chi connectivity index (χ2v) is 7.27. The van der Waals surface area contributed by atoms with Gasteiger partial charge in [0.15, 0.2) is 17.6 Å². The van der Waals surface area contributed by atoms with E-state index in [1.165, 1.54) is 17.8 Å². The first kappa shape index (κ1) is 20.1. The molecule has 6 heteroatoms. The third kappa shape index (κ3) is 5.21. The third-order valence-electron chi connectivity index (χ3n) is 5.27. The van der Waals surface area contributed by atoms with Crippen molar-refractivity contribution in [2.75, 3.05) is 31.6 Å². The zero-order chi connectivity index (χ0) is 19.9. The number of aliphatic imine (C=N–C) groups is 1. The number of nitrogens with zero attached hydrogens (tertiary/aromatic N) is 2. The van der Waals surface area contributed by atoms with E-state index in [9.17, 15) is 8.78 Å². The van der Waals surface area contributed by atoms with E-state index in [4.69, 9.17) is 0 Å². The highest BCUT2D eigenvalue weighted by molar-refractivity contribution is 5.80. The minimum absolute atomic E-state index is 0.0357. The van der Waals surface area contributed by atoms with Crippen LogP contribution in [-0.4, -0.2) is 38.7 Å². The van der Waals surface area contributed by atoms with Gasteiger partial charge in [-0.15, -0.1) is 0 Å². The van der Waals surface area contributed by atoms with Crippen LogP contribution >= 0.6 is 0 Å². The van der Waals surface area contributed by atoms with E-state index in [0.717, 1.165) is 37.5 Å². The predicted octanol–water partition coefficient (Wildman–Crippen LogP) is 3.90. The van der Waals surface area contributed by atoms with Gasteiger partial charge >= 0.3 is 0 Å². The number of hydrogen-bond donors (Lipinski definition) is 2. The fourth-order valence-electron chi connectivity index (χ4n) is 3.50. The fraction of sp³-hybridized carbons (Fsp3) is 0.409. The fourth-order valence-corrected chi connectivity index (χ4v) is 3.50. The number of nitrogens with one attached hydrogen (secondary N) is 2. The van der Waals surface area contributed by atoms with Crippen LogP contribution in [0.4, 0.5) is 14.5 Å². The first-order valence-corrected chi connectivity index (χ1v) is 9.79. The zero-order valence-electron chi connectivity index (χ0n) is 16.5. The first-order chi connectivity index (χ1) is 13.6. The minimum Gasteiger partial charge on any atom is -0.371 e. The molecule has 150 valence electrons. The number of hydrogen-bond acceptors (Lipinski definition) is 2. The highest BCUT2D eigenvalue weighted by atomic mass is 19.2. The van der Waals surface area contributed by atoms with Crippen molar-refractivity contribution in [2.24, 2.45) is 4.99 Å². The maximum absolute atomic E-state index is 13.4. The molecular weight excluding hydrogens is 358 g/mol. The molecule has 0 aliphatic carbocycles. The maximum atomic E-state index is 13.4. The van der Waals surface area contributed by atoms with Gasteiger partial charge in [-0.3, -0.25) is 4.99 Å². The summed E-state index contributed by atoms with van der Waals surface area (Å²) >= 11 is 0. The number of anilines is 1. The summed E-state index contributed by atoms with van der Waals surface area (Å²) in [7, 11) is 1.75. The molecule has 3 rings (SSSR count). The average Bonchev–Trinajstić information content (AvgIpc) is 2.74. The van der Waals surface area contributed by atoms with Crippen LogP contribution in [-0.2, 0) is 0 Å². The number of guanidine groups is 1. The Morgan fingerprint density at radius 3 is 2.46 bits per heavy atom. The van der Waals surface area contributed by atoms with E-state index in [1.807, 2.05) is 13.0 Å². The summed E-state index contributed by atoms with van der Waals surface area (Å²) in [6.07, 6.45) is 2.07. The molecule has 0 spiro atoms. The molecule has 0 aromatic heterocycles. The van der Waals surface area contributed by atoms with Crippen molar-refractivity contribution in [3.63, 3.8) is 0 Å². The van der Waals surface area contributed by atoms with E-state index in [-0.39, 0.29) is 5.92 Å². The highest BCUT2D eigenvalue weighted by Crippen LogP contribution is 2.20. The summed E-state index contributed by atoms with van der Waals surface area (Å²) < 4.78 is 26.5. The Bertz CT molecular complexity index is 786. The molecule has 1 atom stereocenters. The molecule has 1 saturated heterocycles. The Labute approximate surface area is 165 Å². The lowest BCUT2D eigenvalue weighted by Crippen LogP contribution is -2.49. The van der Waals surface area contributed by atoms with Crippen molar-refractivity contribution in [3.05, 3.63) is 65.7 Å². The SMILES string of the molecule is CN=C(NCC(C)c1ccc(F)c(F)c1)NC1CCN(c2ccccc2)CC1.